The number of benzene rings is 8. The summed E-state index contributed by atoms with van der Waals surface area (Å²) in [6, 6.07) is 62.0. The predicted molar refractivity (Wildman–Crippen MR) is 260 cm³/mol. The summed E-state index contributed by atoms with van der Waals surface area (Å²) in [5.74, 6) is 1.73. The number of furan rings is 1. The van der Waals surface area contributed by atoms with Gasteiger partial charge in [-0.2, -0.15) is 0 Å². The van der Waals surface area contributed by atoms with Crippen molar-refractivity contribution in [3.63, 3.8) is 0 Å². The maximum Gasteiger partial charge on any atom is 0.227 e. The van der Waals surface area contributed by atoms with Crippen LogP contribution in [0.1, 0.15) is 25.0 Å². The number of pyridine rings is 2. The van der Waals surface area contributed by atoms with Crippen molar-refractivity contribution in [3.8, 4) is 67.7 Å². The molecular formula is C58H37N5O. The van der Waals surface area contributed by atoms with E-state index >= 15 is 0 Å². The van der Waals surface area contributed by atoms with Gasteiger partial charge in [0.2, 0.25) is 5.71 Å². The minimum absolute atomic E-state index is 0.174. The summed E-state index contributed by atoms with van der Waals surface area (Å²) in [5, 5.41) is 8.85. The summed E-state index contributed by atoms with van der Waals surface area (Å²) in [6.07, 6.45) is 3.66. The lowest BCUT2D eigenvalue weighted by Gasteiger charge is -2.21. The molecular weight excluding hydrogens is 783 g/mol. The number of aromatic nitrogens is 5. The standard InChI is InChI=1S/C58H37N5O/c1-58(2)50-20-9-8-19-43(50)44-25-23-38(30-51(44)58)55-61-54(37-16-12-15-35(27-37)34-13-4-3-5-14-34)62-56(63-55)39-29-49-48-31-46-41-18-7-6-17-40(41)45-28-36(52-21-10-11-26-59-52)22-24-42(45)47(46)32-53(48)64-57(49)60-33-39/h3-33H,1-2H3. The SMILES string of the molecule is CC1(C)c2ccccc2-c2ccc(-c3nc(-c4cccc(-c5ccccc5)c4)nc(-c4cnc5oc6cc7c8ccc(-c9ccccn9)cc8c8ccccc8c7cc6c5c4)n3)cc21. The second kappa shape index (κ2) is 13.8. The highest BCUT2D eigenvalue weighted by atomic mass is 16.3. The van der Waals surface area contributed by atoms with Crippen LogP contribution in [0.4, 0.5) is 0 Å². The van der Waals surface area contributed by atoms with Crippen LogP contribution < -0.4 is 0 Å². The van der Waals surface area contributed by atoms with E-state index in [4.69, 9.17) is 24.4 Å². The van der Waals surface area contributed by atoms with Crippen LogP contribution in [0.15, 0.2) is 193 Å². The molecule has 0 radical (unpaired) electrons. The fourth-order valence-electron chi connectivity index (χ4n) is 10.00. The molecule has 300 valence electrons. The number of hydrogen-bond acceptors (Lipinski definition) is 6. The molecule has 6 nitrogen and oxygen atoms in total. The fraction of sp³-hybridized carbons (Fsp3) is 0.0517. The van der Waals surface area contributed by atoms with Crippen molar-refractivity contribution >= 4 is 54.4 Å². The highest BCUT2D eigenvalue weighted by Crippen LogP contribution is 2.49. The zero-order chi connectivity index (χ0) is 42.5. The van der Waals surface area contributed by atoms with Gasteiger partial charge in [0.1, 0.15) is 5.58 Å². The van der Waals surface area contributed by atoms with E-state index in [0.717, 1.165) is 71.6 Å². The van der Waals surface area contributed by atoms with Gasteiger partial charge in [0.05, 0.1) is 5.69 Å². The summed E-state index contributed by atoms with van der Waals surface area (Å²) in [4.78, 5) is 25.2. The maximum absolute atomic E-state index is 6.56. The summed E-state index contributed by atoms with van der Waals surface area (Å²) in [5.41, 5.74) is 13.1. The molecule has 0 spiro atoms. The first-order valence-corrected chi connectivity index (χ1v) is 21.6. The molecule has 0 fully saturated rings. The van der Waals surface area contributed by atoms with Crippen LogP contribution >= 0.6 is 0 Å². The first-order chi connectivity index (χ1) is 31.4. The zero-order valence-corrected chi connectivity index (χ0v) is 35.0. The molecule has 4 heterocycles. The van der Waals surface area contributed by atoms with Crippen molar-refractivity contribution in [2.45, 2.75) is 19.3 Å². The predicted octanol–water partition coefficient (Wildman–Crippen LogP) is 14.7. The molecule has 0 atom stereocenters. The number of hydrogen-bond donors (Lipinski definition) is 0. The highest BCUT2D eigenvalue weighted by Gasteiger charge is 2.35. The first-order valence-electron chi connectivity index (χ1n) is 21.6. The molecule has 64 heavy (non-hydrogen) atoms. The van der Waals surface area contributed by atoms with E-state index in [1.54, 1.807) is 0 Å². The Morgan fingerprint density at radius 2 is 1.00 bits per heavy atom. The van der Waals surface area contributed by atoms with Gasteiger partial charge in [0.25, 0.3) is 0 Å². The van der Waals surface area contributed by atoms with E-state index in [-0.39, 0.29) is 5.41 Å². The van der Waals surface area contributed by atoms with Crippen molar-refractivity contribution in [2.75, 3.05) is 0 Å². The van der Waals surface area contributed by atoms with E-state index in [9.17, 15) is 0 Å². The van der Waals surface area contributed by atoms with Crippen molar-refractivity contribution in [2.24, 2.45) is 0 Å². The lowest BCUT2D eigenvalue weighted by molar-refractivity contribution is 0.654. The summed E-state index contributed by atoms with van der Waals surface area (Å²) >= 11 is 0. The Balaban J connectivity index is 0.992. The Kier molecular flexibility index (Phi) is 7.85. The molecule has 0 saturated heterocycles. The largest absolute Gasteiger partial charge is 0.438 e. The molecule has 0 amide bonds. The molecule has 12 aromatic rings. The molecule has 13 rings (SSSR count). The lowest BCUT2D eigenvalue weighted by Crippen LogP contribution is -2.15. The summed E-state index contributed by atoms with van der Waals surface area (Å²) in [7, 11) is 0. The molecule has 1 aliphatic rings. The molecule has 4 aromatic heterocycles. The lowest BCUT2D eigenvalue weighted by atomic mass is 9.82. The topological polar surface area (TPSA) is 77.6 Å². The quantitative estimate of drug-likeness (QED) is 0.161. The Morgan fingerprint density at radius 3 is 1.81 bits per heavy atom. The Morgan fingerprint density at radius 1 is 0.375 bits per heavy atom. The van der Waals surface area contributed by atoms with Crippen LogP contribution in [0, 0.1) is 0 Å². The van der Waals surface area contributed by atoms with E-state index < -0.39 is 0 Å². The number of rotatable bonds is 5. The molecule has 1 aliphatic carbocycles. The van der Waals surface area contributed by atoms with Gasteiger partial charge in [0, 0.05) is 50.8 Å². The van der Waals surface area contributed by atoms with Crippen LogP contribution in [0.2, 0.25) is 0 Å². The molecule has 0 unspecified atom stereocenters. The van der Waals surface area contributed by atoms with Gasteiger partial charge in [-0.3, -0.25) is 4.98 Å². The minimum atomic E-state index is -0.174. The van der Waals surface area contributed by atoms with Gasteiger partial charge in [0.15, 0.2) is 17.5 Å². The van der Waals surface area contributed by atoms with Crippen molar-refractivity contribution in [1.29, 1.82) is 0 Å². The van der Waals surface area contributed by atoms with Crippen LogP contribution in [0.5, 0.6) is 0 Å². The van der Waals surface area contributed by atoms with Gasteiger partial charge >= 0.3 is 0 Å². The van der Waals surface area contributed by atoms with Gasteiger partial charge < -0.3 is 4.42 Å². The fourth-order valence-corrected chi connectivity index (χ4v) is 10.00. The van der Waals surface area contributed by atoms with E-state index in [1.807, 2.05) is 30.6 Å². The monoisotopic (exact) mass is 819 g/mol. The van der Waals surface area contributed by atoms with Gasteiger partial charge in [-0.15, -0.1) is 0 Å². The van der Waals surface area contributed by atoms with Crippen molar-refractivity contribution in [1.82, 2.24) is 24.9 Å². The highest BCUT2D eigenvalue weighted by molar-refractivity contribution is 6.28. The Bertz CT molecular complexity index is 3870. The Labute approximate surface area is 368 Å². The van der Waals surface area contributed by atoms with E-state index in [0.29, 0.717) is 23.2 Å². The smallest absolute Gasteiger partial charge is 0.227 e. The zero-order valence-electron chi connectivity index (χ0n) is 35.0. The third kappa shape index (κ3) is 5.62. The first kappa shape index (κ1) is 36.3. The van der Waals surface area contributed by atoms with E-state index in [1.165, 1.54) is 38.4 Å². The van der Waals surface area contributed by atoms with Gasteiger partial charge in [-0.25, -0.2) is 19.9 Å². The normalized spacial score (nSPS) is 13.0. The second-order valence-corrected chi connectivity index (χ2v) is 17.3. The molecule has 8 aromatic carbocycles. The van der Waals surface area contributed by atoms with Crippen LogP contribution in [0.3, 0.4) is 0 Å². The maximum atomic E-state index is 6.56. The Hall–Kier alpha value is -8.35. The third-order valence-corrected chi connectivity index (χ3v) is 13.2. The minimum Gasteiger partial charge on any atom is -0.438 e. The number of nitrogens with zero attached hydrogens (tertiary/aromatic N) is 5. The van der Waals surface area contributed by atoms with Crippen LogP contribution in [-0.2, 0) is 5.41 Å². The second-order valence-electron chi connectivity index (χ2n) is 17.3. The third-order valence-electron chi connectivity index (χ3n) is 13.2. The average Bonchev–Trinajstić information content (AvgIpc) is 3.83. The summed E-state index contributed by atoms with van der Waals surface area (Å²) in [6.45, 7) is 4.59. The van der Waals surface area contributed by atoms with Gasteiger partial charge in [-0.1, -0.05) is 141 Å². The van der Waals surface area contributed by atoms with Crippen LogP contribution in [-0.4, -0.2) is 24.9 Å². The van der Waals surface area contributed by atoms with Crippen LogP contribution in [0.25, 0.3) is 122 Å². The number of fused-ring (bicyclic) bond motifs is 12. The summed E-state index contributed by atoms with van der Waals surface area (Å²) < 4.78 is 6.56. The van der Waals surface area contributed by atoms with Crippen molar-refractivity contribution < 1.29 is 4.42 Å². The van der Waals surface area contributed by atoms with E-state index in [2.05, 4.69) is 177 Å². The average molecular weight is 820 g/mol. The molecule has 0 aliphatic heterocycles. The molecule has 0 bridgehead atoms. The van der Waals surface area contributed by atoms with Crippen molar-refractivity contribution in [3.05, 3.63) is 199 Å². The molecule has 0 N–H and O–H groups in total. The molecule has 6 heteroatoms. The molecule has 0 saturated carbocycles. The van der Waals surface area contributed by atoms with Gasteiger partial charge in [-0.05, 0) is 114 Å².